The normalized spacial score (nSPS) is 23.6. The number of nitrogens with zero attached hydrogens (tertiary/aromatic N) is 2. The number of amides is 1. The summed E-state index contributed by atoms with van der Waals surface area (Å²) in [5.74, 6) is 2.29. The molecule has 1 saturated heterocycles. The van der Waals surface area contributed by atoms with Crippen LogP contribution in [-0.4, -0.2) is 60.3 Å². The summed E-state index contributed by atoms with van der Waals surface area (Å²) in [5.41, 5.74) is 3.47. The van der Waals surface area contributed by atoms with Crippen LogP contribution in [0, 0.1) is 0 Å². The standard InChI is InChI=1S/C15H19AsN4O3/c1-8-15(21)19-18-14-7-23-13-4-12(22-2)10(3-11(13)20(8)14)16-9-5-17-6-9/h3-4,8-9,16-17H,5-7H2,1-2H3,(H,19,21). The fourth-order valence-electron chi connectivity index (χ4n) is 2.95. The van der Waals surface area contributed by atoms with E-state index in [1.165, 1.54) is 4.35 Å². The Bertz CT molecular complexity index is 690. The topological polar surface area (TPSA) is 75.2 Å². The van der Waals surface area contributed by atoms with Gasteiger partial charge in [-0.25, -0.2) is 0 Å². The molecular formula is C15H19AsN4O3. The first-order valence-corrected chi connectivity index (χ1v) is 9.91. The molecule has 1 amide bonds. The van der Waals surface area contributed by atoms with E-state index in [0.29, 0.717) is 6.61 Å². The van der Waals surface area contributed by atoms with Crippen molar-refractivity contribution in [2.45, 2.75) is 17.7 Å². The SMILES string of the molecule is COc1cc2c(cc1[AsH]C1CNC1)N1C(=NNC(=O)C1C)CO2. The average molecular weight is 378 g/mol. The number of hydrogen-bond acceptors (Lipinski definition) is 6. The number of nitrogens with one attached hydrogen (secondary N) is 2. The molecule has 1 fully saturated rings. The molecule has 2 atom stereocenters. The van der Waals surface area contributed by atoms with Gasteiger partial charge in [0, 0.05) is 0 Å². The molecule has 3 aliphatic rings. The van der Waals surface area contributed by atoms with Crippen LogP contribution in [0.1, 0.15) is 6.92 Å². The van der Waals surface area contributed by atoms with Gasteiger partial charge in [-0.1, -0.05) is 0 Å². The van der Waals surface area contributed by atoms with Gasteiger partial charge in [0.25, 0.3) is 0 Å². The Morgan fingerprint density at radius 3 is 2.96 bits per heavy atom. The van der Waals surface area contributed by atoms with E-state index in [0.717, 1.165) is 40.8 Å². The zero-order chi connectivity index (χ0) is 16.0. The number of methoxy groups -OCH3 is 1. The molecule has 23 heavy (non-hydrogen) atoms. The van der Waals surface area contributed by atoms with E-state index in [1.807, 2.05) is 17.9 Å². The summed E-state index contributed by atoms with van der Waals surface area (Å²) in [5, 5.41) is 7.45. The maximum atomic E-state index is 12.0. The van der Waals surface area contributed by atoms with Crippen molar-refractivity contribution in [3.8, 4) is 11.5 Å². The zero-order valence-electron chi connectivity index (χ0n) is 13.0. The summed E-state index contributed by atoms with van der Waals surface area (Å²) in [6.07, 6.45) is 0. The number of hydrazone groups is 1. The van der Waals surface area contributed by atoms with Crippen LogP contribution in [0.2, 0.25) is 4.71 Å². The molecule has 1 aromatic carbocycles. The second-order valence-electron chi connectivity index (χ2n) is 5.86. The average Bonchev–Trinajstić information content (AvgIpc) is 2.53. The summed E-state index contributed by atoms with van der Waals surface area (Å²) in [7, 11) is 1.70. The van der Waals surface area contributed by atoms with E-state index in [4.69, 9.17) is 9.47 Å². The minimum absolute atomic E-state index is 0.0989. The van der Waals surface area contributed by atoms with Gasteiger partial charge in [0.1, 0.15) is 0 Å². The van der Waals surface area contributed by atoms with Gasteiger partial charge in [-0.2, -0.15) is 0 Å². The summed E-state index contributed by atoms with van der Waals surface area (Å²) in [4.78, 5) is 14.0. The van der Waals surface area contributed by atoms with Crippen LogP contribution in [0.3, 0.4) is 0 Å². The van der Waals surface area contributed by atoms with Crippen molar-refractivity contribution in [1.29, 1.82) is 0 Å². The van der Waals surface area contributed by atoms with Gasteiger partial charge in [-0.3, -0.25) is 0 Å². The Hall–Kier alpha value is -1.72. The summed E-state index contributed by atoms with van der Waals surface area (Å²) >= 11 is -0.307. The molecule has 3 aliphatic heterocycles. The van der Waals surface area contributed by atoms with Gasteiger partial charge in [-0.05, 0) is 0 Å². The summed E-state index contributed by atoms with van der Waals surface area (Å²) in [6.45, 7) is 4.41. The first-order chi connectivity index (χ1) is 11.2. The van der Waals surface area contributed by atoms with Crippen LogP contribution in [0.5, 0.6) is 11.5 Å². The van der Waals surface area contributed by atoms with Crippen molar-refractivity contribution in [2.75, 3.05) is 31.7 Å². The molecule has 0 saturated carbocycles. The molecule has 0 radical (unpaired) electrons. The molecule has 1 aromatic rings. The van der Waals surface area contributed by atoms with Crippen molar-refractivity contribution in [1.82, 2.24) is 10.7 Å². The van der Waals surface area contributed by atoms with E-state index in [9.17, 15) is 4.79 Å². The predicted octanol–water partition coefficient (Wildman–Crippen LogP) is -0.821. The Morgan fingerprint density at radius 2 is 2.26 bits per heavy atom. The predicted molar refractivity (Wildman–Crippen MR) is 89.4 cm³/mol. The van der Waals surface area contributed by atoms with Gasteiger partial charge in [0.2, 0.25) is 0 Å². The number of hydrogen-bond donors (Lipinski definition) is 2. The first kappa shape index (κ1) is 14.8. The molecule has 7 nitrogen and oxygen atoms in total. The van der Waals surface area contributed by atoms with Gasteiger partial charge in [0.15, 0.2) is 0 Å². The fraction of sp³-hybridized carbons (Fsp3) is 0.467. The number of anilines is 1. The third-order valence-electron chi connectivity index (χ3n) is 4.38. The Kier molecular flexibility index (Phi) is 3.70. The van der Waals surface area contributed by atoms with E-state index in [-0.39, 0.29) is 27.7 Å². The van der Waals surface area contributed by atoms with Crippen molar-refractivity contribution in [2.24, 2.45) is 5.10 Å². The number of amidine groups is 1. The molecule has 0 aliphatic carbocycles. The Labute approximate surface area is 141 Å². The molecular weight excluding hydrogens is 359 g/mol. The maximum absolute atomic E-state index is 12.0. The molecule has 0 spiro atoms. The number of carbonyl (C=O) groups excluding carboxylic acids is 1. The molecule has 3 heterocycles. The number of rotatable bonds is 3. The van der Waals surface area contributed by atoms with Crippen LogP contribution in [0.15, 0.2) is 17.2 Å². The van der Waals surface area contributed by atoms with Crippen molar-refractivity contribution in [3.63, 3.8) is 0 Å². The van der Waals surface area contributed by atoms with Crippen LogP contribution < -0.4 is 29.5 Å². The van der Waals surface area contributed by atoms with Crippen molar-refractivity contribution in [3.05, 3.63) is 12.1 Å². The van der Waals surface area contributed by atoms with Gasteiger partial charge in [0.05, 0.1) is 0 Å². The molecule has 8 heteroatoms. The van der Waals surface area contributed by atoms with Crippen LogP contribution in [0.25, 0.3) is 0 Å². The third kappa shape index (κ3) is 2.48. The van der Waals surface area contributed by atoms with E-state index < -0.39 is 0 Å². The molecule has 2 unspecified atom stereocenters. The monoisotopic (exact) mass is 378 g/mol. The van der Waals surface area contributed by atoms with Crippen molar-refractivity contribution >= 4 is 37.5 Å². The van der Waals surface area contributed by atoms with E-state index in [2.05, 4.69) is 21.9 Å². The van der Waals surface area contributed by atoms with Crippen LogP contribution in [0.4, 0.5) is 5.69 Å². The molecule has 2 N–H and O–H groups in total. The third-order valence-corrected chi connectivity index (χ3v) is 7.56. The Morgan fingerprint density at radius 1 is 1.43 bits per heavy atom. The first-order valence-electron chi connectivity index (χ1n) is 7.65. The second-order valence-corrected chi connectivity index (χ2v) is 9.31. The Balaban J connectivity index is 1.76. The summed E-state index contributed by atoms with van der Waals surface area (Å²) in [6, 6.07) is 3.80. The molecule has 0 bridgehead atoms. The summed E-state index contributed by atoms with van der Waals surface area (Å²) < 4.78 is 13.4. The number of ether oxygens (including phenoxy) is 2. The number of fused-ring (bicyclic) bond motifs is 3. The van der Waals surface area contributed by atoms with Crippen molar-refractivity contribution < 1.29 is 14.3 Å². The van der Waals surface area contributed by atoms with Gasteiger partial charge in [-0.15, -0.1) is 0 Å². The zero-order valence-corrected chi connectivity index (χ0v) is 15.1. The molecule has 4 rings (SSSR count). The quantitative estimate of drug-likeness (QED) is 0.673. The number of benzene rings is 1. The van der Waals surface area contributed by atoms with Crippen LogP contribution >= 0.6 is 0 Å². The number of carbonyl (C=O) groups is 1. The molecule has 0 aromatic heterocycles. The second kappa shape index (κ2) is 5.73. The fourth-order valence-corrected chi connectivity index (χ4v) is 6.03. The van der Waals surface area contributed by atoms with E-state index >= 15 is 0 Å². The minimum atomic E-state index is -0.307. The van der Waals surface area contributed by atoms with E-state index in [1.54, 1.807) is 7.11 Å². The van der Waals surface area contributed by atoms with Gasteiger partial charge < -0.3 is 0 Å². The van der Waals surface area contributed by atoms with Crippen LogP contribution in [-0.2, 0) is 4.79 Å². The molecule has 122 valence electrons. The van der Waals surface area contributed by atoms with Gasteiger partial charge >= 0.3 is 141 Å².